The van der Waals surface area contributed by atoms with Gasteiger partial charge in [-0.05, 0) is 38.0 Å². The fraction of sp³-hybridized carbons (Fsp3) is 0.353. The van der Waals surface area contributed by atoms with Gasteiger partial charge >= 0.3 is 0 Å². The number of aromatic nitrogens is 2. The van der Waals surface area contributed by atoms with Crippen molar-refractivity contribution >= 4 is 0 Å². The van der Waals surface area contributed by atoms with Gasteiger partial charge in [0.15, 0.2) is 0 Å². The Morgan fingerprint density at radius 3 is 2.60 bits per heavy atom. The largest absolute Gasteiger partial charge is 0.395 e. The second-order valence-electron chi connectivity index (χ2n) is 4.89. The first-order valence-corrected chi connectivity index (χ1v) is 6.81. The van der Waals surface area contributed by atoms with E-state index in [0.29, 0.717) is 6.42 Å². The third-order valence-electron chi connectivity index (χ3n) is 3.54. The van der Waals surface area contributed by atoms with Gasteiger partial charge in [0, 0.05) is 17.7 Å². The summed E-state index contributed by atoms with van der Waals surface area (Å²) in [6.45, 7) is 7.05. The average molecular weight is 268 g/mol. The summed E-state index contributed by atoms with van der Waals surface area (Å²) in [4.78, 5) is 0. The maximum atomic E-state index is 8.80. The first-order valence-electron chi connectivity index (χ1n) is 6.81. The van der Waals surface area contributed by atoms with Crippen LogP contribution in [0.25, 0.3) is 0 Å². The van der Waals surface area contributed by atoms with Gasteiger partial charge in [-0.3, -0.25) is 4.68 Å². The minimum absolute atomic E-state index is 0.103. The molecule has 3 nitrogen and oxygen atoms in total. The van der Waals surface area contributed by atoms with Crippen LogP contribution in [0.4, 0.5) is 0 Å². The molecule has 2 rings (SSSR count). The number of aliphatic hydroxyl groups is 1. The van der Waals surface area contributed by atoms with Crippen molar-refractivity contribution in [3.8, 4) is 11.8 Å². The Labute approximate surface area is 120 Å². The molecule has 104 valence electrons. The molecule has 0 fully saturated rings. The van der Waals surface area contributed by atoms with E-state index in [1.807, 2.05) is 29.8 Å². The molecule has 1 aromatic heterocycles. The van der Waals surface area contributed by atoms with Gasteiger partial charge in [-0.15, -0.1) is 0 Å². The highest BCUT2D eigenvalue weighted by Crippen LogP contribution is 2.15. The van der Waals surface area contributed by atoms with E-state index in [1.54, 1.807) is 0 Å². The molecule has 1 heterocycles. The fourth-order valence-electron chi connectivity index (χ4n) is 2.10. The highest BCUT2D eigenvalue weighted by Gasteiger charge is 2.08. The summed E-state index contributed by atoms with van der Waals surface area (Å²) < 4.78 is 2.03. The zero-order valence-electron chi connectivity index (χ0n) is 12.3. The second kappa shape index (κ2) is 6.40. The quantitative estimate of drug-likeness (QED) is 0.869. The number of hydrogen-bond acceptors (Lipinski definition) is 2. The van der Waals surface area contributed by atoms with Crippen molar-refractivity contribution in [1.29, 1.82) is 0 Å². The highest BCUT2D eigenvalue weighted by molar-refractivity contribution is 5.41. The summed E-state index contributed by atoms with van der Waals surface area (Å²) >= 11 is 0. The molecular formula is C17H20N2O. The van der Waals surface area contributed by atoms with Gasteiger partial charge in [-0.25, -0.2) is 0 Å². The SMILES string of the molecule is Cc1nn(Cc2ccccc2C#CCCO)c(C)c1C. The Hall–Kier alpha value is -2.05. The molecule has 0 saturated carbocycles. The molecule has 2 aromatic rings. The Morgan fingerprint density at radius 1 is 1.20 bits per heavy atom. The monoisotopic (exact) mass is 268 g/mol. The lowest BCUT2D eigenvalue weighted by Gasteiger charge is -2.07. The molecule has 1 N–H and O–H groups in total. The Kier molecular flexibility index (Phi) is 4.60. The van der Waals surface area contributed by atoms with E-state index in [2.05, 4.69) is 36.9 Å². The molecule has 0 amide bonds. The van der Waals surface area contributed by atoms with Crippen LogP contribution >= 0.6 is 0 Å². The minimum Gasteiger partial charge on any atom is -0.395 e. The summed E-state index contributed by atoms with van der Waals surface area (Å²) in [7, 11) is 0. The van der Waals surface area contributed by atoms with Gasteiger partial charge in [-0.2, -0.15) is 5.10 Å². The lowest BCUT2D eigenvalue weighted by molar-refractivity contribution is 0.305. The maximum absolute atomic E-state index is 8.80. The molecule has 20 heavy (non-hydrogen) atoms. The van der Waals surface area contributed by atoms with Crippen molar-refractivity contribution in [3.05, 3.63) is 52.3 Å². The molecule has 0 aliphatic rings. The second-order valence-corrected chi connectivity index (χ2v) is 4.89. The summed E-state index contributed by atoms with van der Waals surface area (Å²) in [6, 6.07) is 8.09. The van der Waals surface area contributed by atoms with Crippen LogP contribution in [0.15, 0.2) is 24.3 Å². The summed E-state index contributed by atoms with van der Waals surface area (Å²) in [5.41, 5.74) is 5.68. The van der Waals surface area contributed by atoms with Crippen molar-refractivity contribution in [2.75, 3.05) is 6.61 Å². The molecule has 0 saturated heterocycles. The first-order chi connectivity index (χ1) is 9.63. The Bertz CT molecular complexity index is 659. The van der Waals surface area contributed by atoms with E-state index < -0.39 is 0 Å². The molecule has 0 bridgehead atoms. The van der Waals surface area contributed by atoms with Crippen LogP contribution in [0, 0.1) is 32.6 Å². The number of aliphatic hydroxyl groups excluding tert-OH is 1. The molecule has 0 aliphatic carbocycles. The van der Waals surface area contributed by atoms with Crippen LogP contribution in [0.3, 0.4) is 0 Å². The molecule has 1 aromatic carbocycles. The average Bonchev–Trinajstić information content (AvgIpc) is 2.68. The van der Waals surface area contributed by atoms with Crippen LogP contribution < -0.4 is 0 Å². The molecule has 0 spiro atoms. The number of aryl methyl sites for hydroxylation is 1. The smallest absolute Gasteiger partial charge is 0.0674 e. The predicted octanol–water partition coefficient (Wildman–Crippen LogP) is 2.59. The van der Waals surface area contributed by atoms with Crippen LogP contribution in [0.2, 0.25) is 0 Å². The van der Waals surface area contributed by atoms with E-state index in [9.17, 15) is 0 Å². The predicted molar refractivity (Wildman–Crippen MR) is 80.6 cm³/mol. The number of hydrogen-bond donors (Lipinski definition) is 1. The standard InChI is InChI=1S/C17H20N2O/c1-13-14(2)18-19(15(13)3)12-17-10-5-4-8-16(17)9-6-7-11-20/h4-5,8,10,20H,7,11-12H2,1-3H3. The van der Waals surface area contributed by atoms with E-state index in [0.717, 1.165) is 23.4 Å². The van der Waals surface area contributed by atoms with Crippen LogP contribution in [-0.2, 0) is 6.54 Å². The molecular weight excluding hydrogens is 248 g/mol. The van der Waals surface area contributed by atoms with Crippen LogP contribution in [0.5, 0.6) is 0 Å². The van der Waals surface area contributed by atoms with Gasteiger partial charge in [0.1, 0.15) is 0 Å². The van der Waals surface area contributed by atoms with Crippen LogP contribution in [0.1, 0.15) is 34.5 Å². The van der Waals surface area contributed by atoms with Crippen molar-refractivity contribution in [2.24, 2.45) is 0 Å². The summed E-state index contributed by atoms with van der Waals surface area (Å²) in [6.07, 6.45) is 0.507. The van der Waals surface area contributed by atoms with E-state index >= 15 is 0 Å². The topological polar surface area (TPSA) is 38.0 Å². The zero-order chi connectivity index (χ0) is 14.5. The lowest BCUT2D eigenvalue weighted by atomic mass is 10.1. The maximum Gasteiger partial charge on any atom is 0.0674 e. The third-order valence-corrected chi connectivity index (χ3v) is 3.54. The third kappa shape index (κ3) is 3.09. The Morgan fingerprint density at radius 2 is 1.95 bits per heavy atom. The summed E-state index contributed by atoms with van der Waals surface area (Å²) in [5, 5.41) is 13.4. The van der Waals surface area contributed by atoms with E-state index in [-0.39, 0.29) is 6.61 Å². The molecule has 0 atom stereocenters. The lowest BCUT2D eigenvalue weighted by Crippen LogP contribution is -2.05. The highest BCUT2D eigenvalue weighted by atomic mass is 16.2. The van der Waals surface area contributed by atoms with Crippen molar-refractivity contribution < 1.29 is 5.11 Å². The van der Waals surface area contributed by atoms with Crippen molar-refractivity contribution in [3.63, 3.8) is 0 Å². The molecule has 0 radical (unpaired) electrons. The van der Waals surface area contributed by atoms with Crippen molar-refractivity contribution in [1.82, 2.24) is 9.78 Å². The molecule has 0 aliphatic heterocycles. The van der Waals surface area contributed by atoms with E-state index in [1.165, 1.54) is 11.3 Å². The van der Waals surface area contributed by atoms with Gasteiger partial charge in [0.05, 0.1) is 18.8 Å². The first kappa shape index (κ1) is 14.4. The normalized spacial score (nSPS) is 10.2. The van der Waals surface area contributed by atoms with Gasteiger partial charge < -0.3 is 5.11 Å². The minimum atomic E-state index is 0.103. The van der Waals surface area contributed by atoms with Gasteiger partial charge in [0.2, 0.25) is 0 Å². The number of benzene rings is 1. The number of nitrogens with zero attached hydrogens (tertiary/aromatic N) is 2. The Balaban J connectivity index is 2.30. The molecule has 0 unspecified atom stereocenters. The van der Waals surface area contributed by atoms with Crippen molar-refractivity contribution in [2.45, 2.75) is 33.7 Å². The fourth-order valence-corrected chi connectivity index (χ4v) is 2.10. The summed E-state index contributed by atoms with van der Waals surface area (Å²) in [5.74, 6) is 6.10. The zero-order valence-corrected chi connectivity index (χ0v) is 12.3. The molecule has 3 heteroatoms. The number of rotatable bonds is 3. The van der Waals surface area contributed by atoms with Gasteiger partial charge in [0.25, 0.3) is 0 Å². The van der Waals surface area contributed by atoms with E-state index in [4.69, 9.17) is 5.11 Å². The van der Waals surface area contributed by atoms with Crippen LogP contribution in [-0.4, -0.2) is 21.5 Å². The van der Waals surface area contributed by atoms with Gasteiger partial charge in [-0.1, -0.05) is 30.0 Å².